The van der Waals surface area contributed by atoms with E-state index in [2.05, 4.69) is 141 Å². The van der Waals surface area contributed by atoms with E-state index < -0.39 is 49.5 Å². The van der Waals surface area contributed by atoms with Crippen LogP contribution in [0.25, 0.3) is 0 Å². The molecule has 0 aromatic heterocycles. The first-order valence-electron chi connectivity index (χ1n) is 25.9. The van der Waals surface area contributed by atoms with Gasteiger partial charge in [0.05, 0.1) is 25.4 Å². The quantitative estimate of drug-likeness (QED) is 0.0262. The number of aliphatic hydroxyl groups is 5. The standard InChI is InChI=1S/C58H93NO8/c1-3-5-7-9-11-13-15-17-18-19-20-21-22-23-24-25-26-27-28-29-30-31-32-33-34-36-38-40-42-44-46-48-54(62)59-51(50-66-58-57(65)56(64)55(63)53(49-60)67-58)52(61)47-45-43-41-39-37-35-16-14-12-10-8-6-4-2/h5,7,11-14,17-18,20-21,23-24,26-27,29-30,32-33,37,39,45,47,51-53,55-58,60-61,63-65H,3-4,6,8-10,15-16,19,22,25,28,31,34-36,38,40-44,46,48-50H2,1-2H3,(H,59,62)/b7-5-,13-11-,14-12+,18-17-,21-20-,24-23-,27-26-,30-29-,33-32-,39-37+,47-45+. The van der Waals surface area contributed by atoms with E-state index in [1.54, 1.807) is 6.08 Å². The first-order valence-corrected chi connectivity index (χ1v) is 25.9. The molecule has 7 atom stereocenters. The highest BCUT2D eigenvalue weighted by Gasteiger charge is 2.44. The van der Waals surface area contributed by atoms with Gasteiger partial charge in [-0.25, -0.2) is 0 Å². The van der Waals surface area contributed by atoms with Gasteiger partial charge in [-0.3, -0.25) is 4.79 Å². The van der Waals surface area contributed by atoms with Crippen LogP contribution in [0, 0.1) is 0 Å². The van der Waals surface area contributed by atoms with Gasteiger partial charge >= 0.3 is 0 Å². The van der Waals surface area contributed by atoms with Gasteiger partial charge in [0.1, 0.15) is 24.4 Å². The summed E-state index contributed by atoms with van der Waals surface area (Å²) in [5.41, 5.74) is 0. The van der Waals surface area contributed by atoms with Crippen molar-refractivity contribution in [3.63, 3.8) is 0 Å². The minimum atomic E-state index is -1.59. The molecule has 1 rings (SSSR count). The molecule has 1 amide bonds. The Labute approximate surface area is 407 Å². The van der Waals surface area contributed by atoms with E-state index in [1.807, 2.05) is 6.08 Å². The average Bonchev–Trinajstić information content (AvgIpc) is 3.33. The van der Waals surface area contributed by atoms with Crippen LogP contribution in [0.3, 0.4) is 0 Å². The molecule has 0 spiro atoms. The third kappa shape index (κ3) is 36.0. The molecule has 9 nitrogen and oxygen atoms in total. The number of aliphatic hydroxyl groups excluding tert-OH is 5. The van der Waals surface area contributed by atoms with Crippen molar-refractivity contribution in [2.45, 2.75) is 211 Å². The molecule has 67 heavy (non-hydrogen) atoms. The number of allylic oxidation sites excluding steroid dienone is 21. The van der Waals surface area contributed by atoms with Gasteiger partial charge in [0.15, 0.2) is 6.29 Å². The summed E-state index contributed by atoms with van der Waals surface area (Å²) in [6.45, 7) is 3.57. The summed E-state index contributed by atoms with van der Waals surface area (Å²) in [4.78, 5) is 13.0. The lowest BCUT2D eigenvalue weighted by Gasteiger charge is -2.40. The number of hydrogen-bond donors (Lipinski definition) is 6. The lowest BCUT2D eigenvalue weighted by atomic mass is 9.99. The summed E-state index contributed by atoms with van der Waals surface area (Å²) in [6.07, 6.45) is 63.6. The van der Waals surface area contributed by atoms with Gasteiger partial charge < -0.3 is 40.3 Å². The monoisotopic (exact) mass is 932 g/mol. The predicted octanol–water partition coefficient (Wildman–Crippen LogP) is 12.2. The molecule has 0 bridgehead atoms. The van der Waals surface area contributed by atoms with E-state index in [4.69, 9.17) is 9.47 Å². The highest BCUT2D eigenvalue weighted by Crippen LogP contribution is 2.22. The largest absolute Gasteiger partial charge is 0.394 e. The second-order valence-corrected chi connectivity index (χ2v) is 17.2. The zero-order chi connectivity index (χ0) is 48.7. The lowest BCUT2D eigenvalue weighted by Crippen LogP contribution is -2.60. The van der Waals surface area contributed by atoms with Gasteiger partial charge in [-0.2, -0.15) is 0 Å². The van der Waals surface area contributed by atoms with Crippen molar-refractivity contribution in [3.8, 4) is 0 Å². The molecular weight excluding hydrogens is 839 g/mol. The summed E-state index contributed by atoms with van der Waals surface area (Å²) in [5.74, 6) is -0.214. The maximum atomic E-state index is 13.0. The lowest BCUT2D eigenvalue weighted by molar-refractivity contribution is -0.302. The molecule has 1 aliphatic heterocycles. The van der Waals surface area contributed by atoms with Crippen LogP contribution in [0.4, 0.5) is 0 Å². The Kier molecular flexibility index (Phi) is 42.2. The van der Waals surface area contributed by atoms with Gasteiger partial charge in [0.25, 0.3) is 0 Å². The van der Waals surface area contributed by atoms with E-state index in [0.29, 0.717) is 12.8 Å². The van der Waals surface area contributed by atoms with Crippen LogP contribution < -0.4 is 5.32 Å². The van der Waals surface area contributed by atoms with Crippen molar-refractivity contribution in [3.05, 3.63) is 134 Å². The minimum Gasteiger partial charge on any atom is -0.394 e. The number of ether oxygens (including phenoxy) is 2. The molecule has 0 radical (unpaired) electrons. The molecule has 378 valence electrons. The first-order chi connectivity index (χ1) is 32.8. The second-order valence-electron chi connectivity index (χ2n) is 17.2. The maximum Gasteiger partial charge on any atom is 0.220 e. The van der Waals surface area contributed by atoms with E-state index in [9.17, 15) is 30.3 Å². The summed E-state index contributed by atoms with van der Waals surface area (Å²) in [7, 11) is 0. The Morgan fingerprint density at radius 2 is 0.940 bits per heavy atom. The molecular formula is C58H93NO8. The fraction of sp³-hybridized carbons (Fsp3) is 0.603. The number of rotatable bonds is 41. The van der Waals surface area contributed by atoms with E-state index in [-0.39, 0.29) is 12.5 Å². The summed E-state index contributed by atoms with van der Waals surface area (Å²) < 4.78 is 11.2. The fourth-order valence-corrected chi connectivity index (χ4v) is 7.08. The van der Waals surface area contributed by atoms with Gasteiger partial charge in [0.2, 0.25) is 5.91 Å². The summed E-state index contributed by atoms with van der Waals surface area (Å²) >= 11 is 0. The SMILES string of the molecule is CC/C=C\C/C=C\C/C=C\C/C=C\C/C=C\C/C=C\C/C=C\C/C=C\CCCCCCCCC(=O)NC(COC1OC(CO)C(O)C(O)C1O)C(O)/C=C/CC/C=C/CC/C=C/CCCCC. The predicted molar refractivity (Wildman–Crippen MR) is 280 cm³/mol. The van der Waals surface area contributed by atoms with Crippen LogP contribution in [0.2, 0.25) is 0 Å². The molecule has 6 N–H and O–H groups in total. The Morgan fingerprint density at radius 1 is 0.522 bits per heavy atom. The van der Waals surface area contributed by atoms with Crippen LogP contribution >= 0.6 is 0 Å². The molecule has 0 aliphatic carbocycles. The van der Waals surface area contributed by atoms with Crippen molar-refractivity contribution >= 4 is 5.91 Å². The van der Waals surface area contributed by atoms with Gasteiger partial charge in [0, 0.05) is 6.42 Å². The van der Waals surface area contributed by atoms with Crippen LogP contribution in [0.1, 0.15) is 168 Å². The van der Waals surface area contributed by atoms with Crippen LogP contribution in [0.15, 0.2) is 134 Å². The number of unbranched alkanes of at least 4 members (excludes halogenated alkanes) is 11. The molecule has 1 saturated heterocycles. The van der Waals surface area contributed by atoms with Gasteiger partial charge in [-0.05, 0) is 109 Å². The molecule has 0 saturated carbocycles. The highest BCUT2D eigenvalue weighted by atomic mass is 16.7. The first kappa shape index (κ1) is 61.3. The van der Waals surface area contributed by atoms with E-state index >= 15 is 0 Å². The average molecular weight is 932 g/mol. The van der Waals surface area contributed by atoms with Gasteiger partial charge in [-0.1, -0.05) is 186 Å². The smallest absolute Gasteiger partial charge is 0.220 e. The topological polar surface area (TPSA) is 149 Å². The summed E-state index contributed by atoms with van der Waals surface area (Å²) in [5, 5.41) is 54.2. The van der Waals surface area contributed by atoms with Crippen LogP contribution in [0.5, 0.6) is 0 Å². The van der Waals surface area contributed by atoms with Crippen molar-refractivity contribution < 1.29 is 39.8 Å². The van der Waals surface area contributed by atoms with E-state index in [1.165, 1.54) is 19.3 Å². The molecule has 0 aromatic rings. The number of carbonyl (C=O) groups is 1. The molecule has 7 unspecified atom stereocenters. The van der Waals surface area contributed by atoms with Crippen molar-refractivity contribution in [1.82, 2.24) is 5.32 Å². The third-order valence-electron chi connectivity index (χ3n) is 11.2. The van der Waals surface area contributed by atoms with Crippen molar-refractivity contribution in [2.24, 2.45) is 0 Å². The van der Waals surface area contributed by atoms with Crippen molar-refractivity contribution in [1.29, 1.82) is 0 Å². The normalized spacial score (nSPS) is 20.9. The number of nitrogens with one attached hydrogen (secondary N) is 1. The Morgan fingerprint density at radius 3 is 1.43 bits per heavy atom. The molecule has 1 aliphatic rings. The summed E-state index contributed by atoms with van der Waals surface area (Å²) in [6, 6.07) is -0.845. The number of carbonyl (C=O) groups excluding carboxylic acids is 1. The van der Waals surface area contributed by atoms with Crippen LogP contribution in [-0.2, 0) is 14.3 Å². The Balaban J connectivity index is 2.28. The fourth-order valence-electron chi connectivity index (χ4n) is 7.08. The molecule has 1 fully saturated rings. The van der Waals surface area contributed by atoms with Crippen molar-refractivity contribution in [2.75, 3.05) is 13.2 Å². The van der Waals surface area contributed by atoms with E-state index in [0.717, 1.165) is 122 Å². The maximum absolute atomic E-state index is 13.0. The zero-order valence-electron chi connectivity index (χ0n) is 41.6. The zero-order valence-corrected chi connectivity index (χ0v) is 41.6. The van der Waals surface area contributed by atoms with Crippen LogP contribution in [-0.4, -0.2) is 87.5 Å². The highest BCUT2D eigenvalue weighted by molar-refractivity contribution is 5.76. The second kappa shape index (κ2) is 46.1. The Hall–Kier alpha value is -3.67. The minimum absolute atomic E-state index is 0.214. The number of amides is 1. The Bertz CT molecular complexity index is 1500. The molecule has 9 heteroatoms. The van der Waals surface area contributed by atoms with Gasteiger partial charge in [-0.15, -0.1) is 0 Å². The number of hydrogen-bond acceptors (Lipinski definition) is 8. The molecule has 1 heterocycles. The third-order valence-corrected chi connectivity index (χ3v) is 11.2. The molecule has 0 aromatic carbocycles.